The molecule has 12 heteroatoms. The van der Waals surface area contributed by atoms with Gasteiger partial charge in [0.2, 0.25) is 5.43 Å². The number of aliphatic imine (C=N–C) groups is 1. The highest BCUT2D eigenvalue weighted by Gasteiger charge is 2.11. The van der Waals surface area contributed by atoms with E-state index in [4.69, 9.17) is 9.15 Å². The molecule has 0 spiro atoms. The van der Waals surface area contributed by atoms with Gasteiger partial charge in [-0.25, -0.2) is 18.3 Å². The van der Waals surface area contributed by atoms with Crippen LogP contribution < -0.4 is 15.8 Å². The summed E-state index contributed by atoms with van der Waals surface area (Å²) < 4.78 is 41.1. The molecule has 0 bridgehead atoms. The van der Waals surface area contributed by atoms with E-state index in [1.165, 1.54) is 29.1 Å². The molecular weight excluding hydrogens is 512 g/mol. The summed E-state index contributed by atoms with van der Waals surface area (Å²) in [6.45, 7) is 2.41. The lowest BCUT2D eigenvalue weighted by atomic mass is 10.1. The van der Waals surface area contributed by atoms with Gasteiger partial charge in [0.25, 0.3) is 0 Å². The van der Waals surface area contributed by atoms with E-state index in [2.05, 4.69) is 15.3 Å². The highest BCUT2D eigenvalue weighted by Crippen LogP contribution is 2.23. The average Bonchev–Trinajstić information content (AvgIpc) is 3.38. The van der Waals surface area contributed by atoms with Crippen LogP contribution in [-0.4, -0.2) is 37.4 Å². The number of halogens is 2. The Morgan fingerprint density at radius 1 is 1.13 bits per heavy atom. The third kappa shape index (κ3) is 5.59. The van der Waals surface area contributed by atoms with E-state index in [1.807, 2.05) is 0 Å². The Kier molecular flexibility index (Phi) is 7.00. The first-order valence-electron chi connectivity index (χ1n) is 11.7. The SMILES string of the molecule is Cc1c(O)c(=O)ccn1CCN=Cc1cc(=O)oc2cc(OCc3cn(-c4ccc(F)cc4F)nn3)ccc12. The zero-order valence-electron chi connectivity index (χ0n) is 20.5. The van der Waals surface area contributed by atoms with Crippen LogP contribution in [0.3, 0.4) is 0 Å². The Hall–Kier alpha value is -5.13. The molecule has 0 unspecified atom stereocenters. The smallest absolute Gasteiger partial charge is 0.336 e. The van der Waals surface area contributed by atoms with Gasteiger partial charge < -0.3 is 18.8 Å². The maximum atomic E-state index is 14.0. The normalized spacial score (nSPS) is 11.5. The Morgan fingerprint density at radius 2 is 1.97 bits per heavy atom. The first-order valence-corrected chi connectivity index (χ1v) is 11.7. The minimum Gasteiger partial charge on any atom is -0.503 e. The minimum atomic E-state index is -0.776. The lowest BCUT2D eigenvalue weighted by Crippen LogP contribution is -2.11. The van der Waals surface area contributed by atoms with E-state index >= 15 is 0 Å². The Bertz CT molecular complexity index is 1830. The minimum absolute atomic E-state index is 0.000335. The number of benzene rings is 2. The maximum absolute atomic E-state index is 14.0. The second-order valence-corrected chi connectivity index (χ2v) is 8.56. The number of rotatable bonds is 8. The summed E-state index contributed by atoms with van der Waals surface area (Å²) in [7, 11) is 0. The lowest BCUT2D eigenvalue weighted by Gasteiger charge is -2.09. The van der Waals surface area contributed by atoms with Crippen molar-refractivity contribution in [2.45, 2.75) is 20.1 Å². The molecule has 3 aromatic heterocycles. The van der Waals surface area contributed by atoms with Crippen molar-refractivity contribution >= 4 is 17.2 Å². The van der Waals surface area contributed by atoms with Crippen molar-refractivity contribution in [3.8, 4) is 17.2 Å². The molecule has 0 aliphatic rings. The molecular formula is C27H21F2N5O5. The monoisotopic (exact) mass is 533 g/mol. The van der Waals surface area contributed by atoms with Gasteiger partial charge in [-0.15, -0.1) is 5.10 Å². The lowest BCUT2D eigenvalue weighted by molar-refractivity contribution is 0.301. The van der Waals surface area contributed by atoms with Gasteiger partial charge in [0.05, 0.1) is 18.4 Å². The van der Waals surface area contributed by atoms with Crippen molar-refractivity contribution in [2.24, 2.45) is 4.99 Å². The molecule has 0 saturated carbocycles. The zero-order chi connectivity index (χ0) is 27.5. The fourth-order valence-corrected chi connectivity index (χ4v) is 3.90. The van der Waals surface area contributed by atoms with E-state index in [0.717, 1.165) is 12.1 Å². The van der Waals surface area contributed by atoms with Gasteiger partial charge in [-0.2, -0.15) is 0 Å². The molecule has 2 aromatic carbocycles. The largest absolute Gasteiger partial charge is 0.503 e. The van der Waals surface area contributed by atoms with Crippen molar-refractivity contribution < 1.29 is 23.0 Å². The summed E-state index contributed by atoms with van der Waals surface area (Å²) in [6, 6.07) is 10.7. The number of aromatic nitrogens is 4. The van der Waals surface area contributed by atoms with E-state index in [0.29, 0.717) is 46.8 Å². The molecule has 0 amide bonds. The molecule has 0 radical (unpaired) electrons. The van der Waals surface area contributed by atoms with Gasteiger partial charge in [-0.3, -0.25) is 9.79 Å². The highest BCUT2D eigenvalue weighted by atomic mass is 19.1. The van der Waals surface area contributed by atoms with Crippen LogP contribution in [0.5, 0.6) is 11.5 Å². The Morgan fingerprint density at radius 3 is 2.79 bits per heavy atom. The molecule has 0 fully saturated rings. The second-order valence-electron chi connectivity index (χ2n) is 8.56. The Balaban J connectivity index is 1.27. The van der Waals surface area contributed by atoms with Crippen molar-refractivity contribution in [3.05, 3.63) is 110 Å². The van der Waals surface area contributed by atoms with Gasteiger partial charge >= 0.3 is 5.63 Å². The van der Waals surface area contributed by atoms with Crippen molar-refractivity contribution in [1.29, 1.82) is 0 Å². The predicted molar refractivity (Wildman–Crippen MR) is 138 cm³/mol. The van der Waals surface area contributed by atoms with E-state index in [1.54, 1.807) is 42.1 Å². The quantitative estimate of drug-likeness (QED) is 0.239. The van der Waals surface area contributed by atoms with Crippen LogP contribution in [-0.2, 0) is 13.2 Å². The van der Waals surface area contributed by atoms with E-state index in [-0.39, 0.29) is 18.0 Å². The summed E-state index contributed by atoms with van der Waals surface area (Å²) in [5.74, 6) is -1.37. The number of hydrogen-bond donors (Lipinski definition) is 1. The average molecular weight is 533 g/mol. The van der Waals surface area contributed by atoms with Crippen molar-refractivity contribution in [3.63, 3.8) is 0 Å². The third-order valence-corrected chi connectivity index (χ3v) is 5.95. The van der Waals surface area contributed by atoms with Crippen LogP contribution in [0, 0.1) is 18.6 Å². The van der Waals surface area contributed by atoms with Crippen LogP contribution in [0.25, 0.3) is 16.7 Å². The zero-order valence-corrected chi connectivity index (χ0v) is 20.5. The predicted octanol–water partition coefficient (Wildman–Crippen LogP) is 3.53. The van der Waals surface area contributed by atoms with Gasteiger partial charge in [-0.1, -0.05) is 5.21 Å². The number of aromatic hydroxyl groups is 1. The van der Waals surface area contributed by atoms with E-state index in [9.17, 15) is 23.5 Å². The molecule has 0 aliphatic heterocycles. The van der Waals surface area contributed by atoms with Gasteiger partial charge in [0, 0.05) is 54.2 Å². The summed E-state index contributed by atoms with van der Waals surface area (Å²) in [5, 5.41) is 18.2. The Labute approximate surface area is 219 Å². The molecule has 0 saturated heterocycles. The first-order chi connectivity index (χ1) is 18.8. The van der Waals surface area contributed by atoms with Crippen LogP contribution >= 0.6 is 0 Å². The van der Waals surface area contributed by atoms with Crippen LogP contribution in [0.1, 0.15) is 17.0 Å². The fraction of sp³-hybridized carbons (Fsp3) is 0.148. The number of pyridine rings is 1. The molecule has 39 heavy (non-hydrogen) atoms. The van der Waals surface area contributed by atoms with Crippen molar-refractivity contribution in [1.82, 2.24) is 19.6 Å². The summed E-state index contributed by atoms with van der Waals surface area (Å²) in [5.41, 5.74) is 0.727. The van der Waals surface area contributed by atoms with Gasteiger partial charge in [-0.05, 0) is 31.2 Å². The van der Waals surface area contributed by atoms with Crippen LogP contribution in [0.4, 0.5) is 8.78 Å². The number of fused-ring (bicyclic) bond motifs is 1. The number of ether oxygens (including phenoxy) is 1. The van der Waals surface area contributed by atoms with Crippen molar-refractivity contribution in [2.75, 3.05) is 6.54 Å². The topological polar surface area (TPSA) is 125 Å². The number of hydrogen-bond acceptors (Lipinski definition) is 8. The maximum Gasteiger partial charge on any atom is 0.336 e. The second kappa shape index (κ2) is 10.7. The molecule has 0 atom stereocenters. The highest BCUT2D eigenvalue weighted by molar-refractivity contribution is 5.97. The molecule has 3 heterocycles. The van der Waals surface area contributed by atoms with Gasteiger partial charge in [0.15, 0.2) is 11.6 Å². The molecule has 5 rings (SSSR count). The molecule has 5 aromatic rings. The summed E-state index contributed by atoms with van der Waals surface area (Å²) in [6.07, 6.45) is 4.61. The van der Waals surface area contributed by atoms with E-state index < -0.39 is 22.7 Å². The molecule has 10 nitrogen and oxygen atoms in total. The summed E-state index contributed by atoms with van der Waals surface area (Å²) in [4.78, 5) is 28.0. The van der Waals surface area contributed by atoms with Gasteiger partial charge in [0.1, 0.15) is 35.1 Å². The molecule has 0 aliphatic carbocycles. The first kappa shape index (κ1) is 25.5. The molecule has 198 valence electrons. The third-order valence-electron chi connectivity index (χ3n) is 5.95. The van der Waals surface area contributed by atoms with Crippen LogP contribution in [0.2, 0.25) is 0 Å². The van der Waals surface area contributed by atoms with Crippen LogP contribution in [0.15, 0.2) is 79.9 Å². The summed E-state index contributed by atoms with van der Waals surface area (Å²) >= 11 is 0. The standard InChI is InChI=1S/C27H21F2N5O5/c1-16-27(37)24(35)6-8-33(16)9-7-30-13-17-10-26(36)39-25-12-20(3-4-21(17)25)38-15-19-14-34(32-31-19)23-5-2-18(28)11-22(23)29/h2-6,8,10-14,37H,7,9,15H2,1H3. The fourth-order valence-electron chi connectivity index (χ4n) is 3.90. The molecule has 1 N–H and O–H groups in total. The number of nitrogens with zero attached hydrogens (tertiary/aromatic N) is 5.